The highest BCUT2D eigenvalue weighted by Gasteiger charge is 2.18. The van der Waals surface area contributed by atoms with Crippen LogP contribution in [0.4, 0.5) is 13.2 Å². The van der Waals surface area contributed by atoms with Crippen LogP contribution in [0.3, 0.4) is 0 Å². The van der Waals surface area contributed by atoms with Gasteiger partial charge in [0.15, 0.2) is 17.5 Å². The second-order valence-electron chi connectivity index (χ2n) is 4.28. The Bertz CT molecular complexity index is 818. The van der Waals surface area contributed by atoms with Crippen LogP contribution < -0.4 is 5.32 Å². The monoisotopic (exact) mass is 327 g/mol. The zero-order valence-electron chi connectivity index (χ0n) is 10.9. The molecule has 0 aliphatic heterocycles. The standard InChI is InChI=1S/C12H8F3N5OS/c13-7-2-1-6(9(14)10(7)15)11(21)16-4-3-8-19-20-5-17-18-12(20)22-8/h1-2,5H,3-4H2,(H,16,21). The van der Waals surface area contributed by atoms with E-state index in [0.717, 1.165) is 6.07 Å². The van der Waals surface area contributed by atoms with Crippen molar-refractivity contribution in [2.45, 2.75) is 6.42 Å². The number of rotatable bonds is 4. The van der Waals surface area contributed by atoms with Crippen molar-refractivity contribution in [3.05, 3.63) is 46.5 Å². The lowest BCUT2D eigenvalue weighted by Crippen LogP contribution is -2.27. The maximum Gasteiger partial charge on any atom is 0.254 e. The summed E-state index contributed by atoms with van der Waals surface area (Å²) in [7, 11) is 0. The van der Waals surface area contributed by atoms with Crippen LogP contribution in [-0.2, 0) is 6.42 Å². The molecule has 3 rings (SSSR count). The fraction of sp³-hybridized carbons (Fsp3) is 0.167. The normalized spacial score (nSPS) is 11.0. The van der Waals surface area contributed by atoms with Crippen LogP contribution >= 0.6 is 11.3 Å². The Labute approximate surface area is 125 Å². The lowest BCUT2D eigenvalue weighted by molar-refractivity contribution is 0.0949. The molecule has 0 aliphatic rings. The van der Waals surface area contributed by atoms with Gasteiger partial charge in [-0.15, -0.1) is 10.2 Å². The summed E-state index contributed by atoms with van der Waals surface area (Å²) >= 11 is 1.30. The molecule has 0 bridgehead atoms. The van der Waals surface area contributed by atoms with Gasteiger partial charge in [0, 0.05) is 13.0 Å². The number of nitrogens with one attached hydrogen (secondary N) is 1. The molecule has 0 atom stereocenters. The van der Waals surface area contributed by atoms with E-state index in [1.807, 2.05) is 0 Å². The molecule has 0 fully saturated rings. The van der Waals surface area contributed by atoms with Crippen LogP contribution in [0.25, 0.3) is 4.96 Å². The van der Waals surface area contributed by atoms with Crippen LogP contribution in [-0.4, -0.2) is 32.3 Å². The molecule has 10 heteroatoms. The summed E-state index contributed by atoms with van der Waals surface area (Å²) in [4.78, 5) is 12.4. The maximum atomic E-state index is 13.5. The third kappa shape index (κ3) is 2.64. The quantitative estimate of drug-likeness (QED) is 0.739. The van der Waals surface area contributed by atoms with E-state index in [-0.39, 0.29) is 6.54 Å². The number of amides is 1. The number of hydrogen-bond acceptors (Lipinski definition) is 5. The van der Waals surface area contributed by atoms with E-state index in [4.69, 9.17) is 0 Å². The Morgan fingerprint density at radius 1 is 1.27 bits per heavy atom. The van der Waals surface area contributed by atoms with E-state index in [1.165, 1.54) is 22.2 Å². The molecule has 6 nitrogen and oxygen atoms in total. The van der Waals surface area contributed by atoms with Crippen LogP contribution in [0.15, 0.2) is 18.5 Å². The number of hydrogen-bond donors (Lipinski definition) is 1. The van der Waals surface area contributed by atoms with Crippen molar-refractivity contribution < 1.29 is 18.0 Å². The maximum absolute atomic E-state index is 13.5. The zero-order chi connectivity index (χ0) is 15.7. The first-order valence-corrected chi connectivity index (χ1v) is 6.95. The number of aromatic nitrogens is 4. The van der Waals surface area contributed by atoms with E-state index in [0.29, 0.717) is 22.5 Å². The summed E-state index contributed by atoms with van der Waals surface area (Å²) < 4.78 is 40.8. The second-order valence-corrected chi connectivity index (χ2v) is 5.32. The number of carbonyl (C=O) groups excluding carboxylic acids is 1. The van der Waals surface area contributed by atoms with E-state index < -0.39 is 28.9 Å². The molecule has 22 heavy (non-hydrogen) atoms. The van der Waals surface area contributed by atoms with Crippen molar-refractivity contribution in [2.24, 2.45) is 0 Å². The summed E-state index contributed by atoms with van der Waals surface area (Å²) in [6.45, 7) is 0.168. The Morgan fingerprint density at radius 2 is 2.09 bits per heavy atom. The van der Waals surface area contributed by atoms with E-state index in [2.05, 4.69) is 20.6 Å². The van der Waals surface area contributed by atoms with Gasteiger partial charge in [-0.05, 0) is 12.1 Å². The van der Waals surface area contributed by atoms with E-state index in [9.17, 15) is 18.0 Å². The molecular weight excluding hydrogens is 319 g/mol. The third-order valence-electron chi connectivity index (χ3n) is 2.83. The SMILES string of the molecule is O=C(NCCc1nn2cnnc2s1)c1ccc(F)c(F)c1F. The first-order chi connectivity index (χ1) is 10.6. The number of benzene rings is 1. The van der Waals surface area contributed by atoms with Gasteiger partial charge in [-0.25, -0.2) is 13.2 Å². The fourth-order valence-corrected chi connectivity index (χ4v) is 2.59. The highest BCUT2D eigenvalue weighted by atomic mass is 32.1. The fourth-order valence-electron chi connectivity index (χ4n) is 1.78. The molecule has 0 saturated carbocycles. The smallest absolute Gasteiger partial charge is 0.254 e. The van der Waals surface area contributed by atoms with Crippen LogP contribution in [0.1, 0.15) is 15.4 Å². The molecule has 0 saturated heterocycles. The van der Waals surface area contributed by atoms with Crippen molar-refractivity contribution >= 4 is 22.2 Å². The summed E-state index contributed by atoms with van der Waals surface area (Å²) in [5.74, 6) is -5.33. The van der Waals surface area contributed by atoms with Crippen molar-refractivity contribution in [3.8, 4) is 0 Å². The number of nitrogens with zero attached hydrogens (tertiary/aromatic N) is 4. The third-order valence-corrected chi connectivity index (χ3v) is 3.81. The van der Waals surface area contributed by atoms with Crippen LogP contribution in [0, 0.1) is 17.5 Å². The first kappa shape index (κ1) is 14.4. The number of carbonyl (C=O) groups is 1. The molecule has 0 unspecified atom stereocenters. The first-order valence-electron chi connectivity index (χ1n) is 6.13. The summed E-state index contributed by atoms with van der Waals surface area (Å²) in [6, 6.07) is 1.60. The predicted molar refractivity (Wildman–Crippen MR) is 71.0 cm³/mol. The molecule has 0 aliphatic carbocycles. The van der Waals surface area contributed by atoms with Gasteiger partial charge in [-0.2, -0.15) is 9.61 Å². The Morgan fingerprint density at radius 3 is 2.86 bits per heavy atom. The number of halogens is 3. The van der Waals surface area contributed by atoms with Gasteiger partial charge in [-0.1, -0.05) is 11.3 Å². The minimum absolute atomic E-state index is 0.168. The molecule has 114 valence electrons. The number of fused-ring (bicyclic) bond motifs is 1. The van der Waals surface area contributed by atoms with Gasteiger partial charge in [0.25, 0.3) is 5.91 Å². The lowest BCUT2D eigenvalue weighted by Gasteiger charge is -2.05. The molecule has 1 aromatic carbocycles. The highest BCUT2D eigenvalue weighted by molar-refractivity contribution is 7.16. The van der Waals surface area contributed by atoms with Crippen molar-refractivity contribution in [1.82, 2.24) is 25.1 Å². The van der Waals surface area contributed by atoms with Gasteiger partial charge >= 0.3 is 0 Å². The minimum Gasteiger partial charge on any atom is -0.352 e. The average molecular weight is 327 g/mol. The van der Waals surface area contributed by atoms with Crippen molar-refractivity contribution in [3.63, 3.8) is 0 Å². The largest absolute Gasteiger partial charge is 0.352 e. The molecule has 2 heterocycles. The summed E-state index contributed by atoms with van der Waals surface area (Å²) in [5.41, 5.74) is -0.544. The molecule has 2 aromatic heterocycles. The van der Waals surface area contributed by atoms with Gasteiger partial charge < -0.3 is 5.32 Å². The minimum atomic E-state index is -1.67. The molecule has 0 spiro atoms. The summed E-state index contributed by atoms with van der Waals surface area (Å²) in [5, 5.41) is 14.8. The van der Waals surface area contributed by atoms with Crippen LogP contribution in [0.2, 0.25) is 0 Å². The molecule has 0 radical (unpaired) electrons. The Kier molecular flexibility index (Phi) is 3.75. The Hall–Kier alpha value is -2.49. The van der Waals surface area contributed by atoms with Crippen LogP contribution in [0.5, 0.6) is 0 Å². The van der Waals surface area contributed by atoms with Crippen molar-refractivity contribution in [2.75, 3.05) is 6.54 Å². The average Bonchev–Trinajstić information content (AvgIpc) is 3.06. The molecular formula is C12H8F3N5OS. The van der Waals surface area contributed by atoms with Gasteiger partial charge in [0.05, 0.1) is 5.56 Å². The van der Waals surface area contributed by atoms with Gasteiger partial charge in [-0.3, -0.25) is 4.79 Å². The molecule has 1 N–H and O–H groups in total. The van der Waals surface area contributed by atoms with Crippen molar-refractivity contribution in [1.29, 1.82) is 0 Å². The van der Waals surface area contributed by atoms with E-state index in [1.54, 1.807) is 0 Å². The predicted octanol–water partition coefficient (Wildman–Crippen LogP) is 1.58. The molecule has 1 amide bonds. The highest BCUT2D eigenvalue weighted by Crippen LogP contribution is 2.15. The molecule has 3 aromatic rings. The zero-order valence-corrected chi connectivity index (χ0v) is 11.7. The van der Waals surface area contributed by atoms with E-state index >= 15 is 0 Å². The Balaban J connectivity index is 1.63. The second kappa shape index (κ2) is 5.72. The van der Waals surface area contributed by atoms with Gasteiger partial charge in [0.2, 0.25) is 4.96 Å². The lowest BCUT2D eigenvalue weighted by atomic mass is 10.2. The summed E-state index contributed by atoms with van der Waals surface area (Å²) in [6.07, 6.45) is 1.84. The topological polar surface area (TPSA) is 72.2 Å². The van der Waals surface area contributed by atoms with Gasteiger partial charge in [0.1, 0.15) is 11.3 Å².